The van der Waals surface area contributed by atoms with Gasteiger partial charge in [-0.1, -0.05) is 30.3 Å². The van der Waals surface area contributed by atoms with Crippen molar-refractivity contribution in [3.63, 3.8) is 0 Å². The molecule has 4 rings (SSSR count). The van der Waals surface area contributed by atoms with E-state index < -0.39 is 0 Å². The van der Waals surface area contributed by atoms with E-state index in [1.165, 1.54) is 17.5 Å². The van der Waals surface area contributed by atoms with Crippen LogP contribution in [0.25, 0.3) is 5.65 Å². The van der Waals surface area contributed by atoms with Crippen LogP contribution in [0.2, 0.25) is 0 Å². The van der Waals surface area contributed by atoms with Gasteiger partial charge in [-0.2, -0.15) is 0 Å². The summed E-state index contributed by atoms with van der Waals surface area (Å²) >= 11 is 0. The van der Waals surface area contributed by atoms with Crippen LogP contribution in [0.1, 0.15) is 41.4 Å². The van der Waals surface area contributed by atoms with Crippen molar-refractivity contribution in [2.75, 3.05) is 7.05 Å². The van der Waals surface area contributed by atoms with Gasteiger partial charge in [-0.05, 0) is 56.5 Å². The minimum atomic E-state index is -0.00413. The van der Waals surface area contributed by atoms with Crippen LogP contribution in [-0.2, 0) is 13.0 Å². The van der Waals surface area contributed by atoms with Crippen LogP contribution in [0.15, 0.2) is 53.3 Å². The predicted molar refractivity (Wildman–Crippen MR) is 99.8 cm³/mol. The molecule has 1 aromatic carbocycles. The summed E-state index contributed by atoms with van der Waals surface area (Å²) in [7, 11) is 2.13. The summed E-state index contributed by atoms with van der Waals surface area (Å²) in [6.45, 7) is 2.61. The Bertz CT molecular complexity index is 976. The summed E-state index contributed by atoms with van der Waals surface area (Å²) in [6, 6.07) is 16.6. The Morgan fingerprint density at radius 1 is 1.20 bits per heavy atom. The van der Waals surface area contributed by atoms with Crippen molar-refractivity contribution >= 4 is 5.65 Å². The maximum absolute atomic E-state index is 12.5. The number of benzene rings is 1. The third-order valence-electron chi connectivity index (χ3n) is 5.21. The quantitative estimate of drug-likeness (QED) is 0.736. The number of hydrogen-bond donors (Lipinski definition) is 0. The fraction of sp³-hybridized carbons (Fsp3) is 0.333. The van der Waals surface area contributed by atoms with Crippen LogP contribution in [0.4, 0.5) is 0 Å². The van der Waals surface area contributed by atoms with Crippen molar-refractivity contribution in [2.24, 2.45) is 0 Å². The van der Waals surface area contributed by atoms with Crippen molar-refractivity contribution in [3.05, 3.63) is 81.4 Å². The summed E-state index contributed by atoms with van der Waals surface area (Å²) in [4.78, 5) is 19.5. The van der Waals surface area contributed by atoms with Crippen LogP contribution < -0.4 is 5.56 Å². The van der Waals surface area contributed by atoms with Gasteiger partial charge in [0.1, 0.15) is 5.65 Å². The van der Waals surface area contributed by atoms with Crippen LogP contribution >= 0.6 is 0 Å². The summed E-state index contributed by atoms with van der Waals surface area (Å²) < 4.78 is 1.67. The van der Waals surface area contributed by atoms with E-state index >= 15 is 0 Å². The lowest BCUT2D eigenvalue weighted by Gasteiger charge is -2.33. The van der Waals surface area contributed by atoms with Gasteiger partial charge in [0.25, 0.3) is 5.56 Å². The van der Waals surface area contributed by atoms with Gasteiger partial charge in [-0.3, -0.25) is 14.1 Å². The van der Waals surface area contributed by atoms with Crippen molar-refractivity contribution in [2.45, 2.75) is 38.8 Å². The summed E-state index contributed by atoms with van der Waals surface area (Å²) in [5.74, 6) is 0. The lowest BCUT2D eigenvalue weighted by atomic mass is 9.87. The number of nitrogens with zero attached hydrogens (tertiary/aromatic N) is 3. The highest BCUT2D eigenvalue weighted by Gasteiger charge is 2.23. The number of pyridine rings is 1. The number of hydrogen-bond acceptors (Lipinski definition) is 3. The highest BCUT2D eigenvalue weighted by molar-refractivity contribution is 5.40. The molecule has 0 bridgehead atoms. The predicted octanol–water partition coefficient (Wildman–Crippen LogP) is 3.51. The number of fused-ring (bicyclic) bond motifs is 2. The molecular formula is C21H23N3O. The van der Waals surface area contributed by atoms with Crippen molar-refractivity contribution in [3.8, 4) is 0 Å². The second-order valence-corrected chi connectivity index (χ2v) is 6.97. The van der Waals surface area contributed by atoms with E-state index in [0.717, 1.165) is 29.9 Å². The van der Waals surface area contributed by atoms with Gasteiger partial charge >= 0.3 is 0 Å². The molecule has 2 heterocycles. The van der Waals surface area contributed by atoms with Gasteiger partial charge in [0.15, 0.2) is 0 Å². The second kappa shape index (κ2) is 6.45. The Hall–Kier alpha value is -2.46. The molecule has 25 heavy (non-hydrogen) atoms. The van der Waals surface area contributed by atoms with Gasteiger partial charge in [0.05, 0.1) is 5.69 Å². The van der Waals surface area contributed by atoms with E-state index in [1.54, 1.807) is 10.5 Å². The largest absolute Gasteiger partial charge is 0.294 e. The molecule has 0 saturated carbocycles. The highest BCUT2D eigenvalue weighted by atomic mass is 16.1. The monoisotopic (exact) mass is 333 g/mol. The molecule has 1 aliphatic carbocycles. The summed E-state index contributed by atoms with van der Waals surface area (Å²) in [6.07, 6.45) is 3.52. The lowest BCUT2D eigenvalue weighted by Crippen LogP contribution is -2.29. The van der Waals surface area contributed by atoms with E-state index in [9.17, 15) is 4.79 Å². The number of aryl methyl sites for hydroxylation is 2. The zero-order valence-corrected chi connectivity index (χ0v) is 14.8. The molecule has 4 heteroatoms. The first-order valence-electron chi connectivity index (χ1n) is 8.90. The Balaban J connectivity index is 1.65. The fourth-order valence-electron chi connectivity index (χ4n) is 4.00. The summed E-state index contributed by atoms with van der Waals surface area (Å²) in [5, 5.41) is 0. The molecule has 0 saturated heterocycles. The fourth-order valence-corrected chi connectivity index (χ4v) is 4.00. The molecule has 4 nitrogen and oxygen atoms in total. The summed E-state index contributed by atoms with van der Waals surface area (Å²) in [5.41, 5.74) is 5.34. The third kappa shape index (κ3) is 2.98. The van der Waals surface area contributed by atoms with Gasteiger partial charge in [0, 0.05) is 24.3 Å². The molecular weight excluding hydrogens is 310 g/mol. The van der Waals surface area contributed by atoms with E-state index in [-0.39, 0.29) is 5.56 Å². The zero-order valence-electron chi connectivity index (χ0n) is 14.8. The molecule has 128 valence electrons. The van der Waals surface area contributed by atoms with Crippen LogP contribution in [0.5, 0.6) is 0 Å². The molecule has 1 aliphatic rings. The smallest absolute Gasteiger partial charge is 0.258 e. The SMILES string of the molecule is Cc1cccc2nc(CN(C)[C@@H]3CCCc4ccccc43)cc(=O)n12. The standard InChI is InChI=1S/C21H23N3O/c1-15-7-5-12-20-22-17(13-21(25)24(15)20)14-23(2)19-11-6-9-16-8-3-4-10-18(16)19/h3-5,7-8,10,12-13,19H,6,9,11,14H2,1-2H3/t19-/m1/s1. The molecule has 0 fully saturated rings. The number of rotatable bonds is 3. The Morgan fingerprint density at radius 2 is 2.04 bits per heavy atom. The minimum absolute atomic E-state index is 0.00413. The molecule has 3 aromatic rings. The molecule has 0 amide bonds. The normalized spacial score (nSPS) is 17.0. The zero-order chi connectivity index (χ0) is 17.4. The van der Waals surface area contributed by atoms with E-state index in [4.69, 9.17) is 4.98 Å². The van der Waals surface area contributed by atoms with Gasteiger partial charge in [-0.25, -0.2) is 4.98 Å². The minimum Gasteiger partial charge on any atom is -0.294 e. The van der Waals surface area contributed by atoms with E-state index in [2.05, 4.69) is 36.2 Å². The molecule has 1 atom stereocenters. The molecule has 0 spiro atoms. The maximum Gasteiger partial charge on any atom is 0.258 e. The molecule has 0 aliphatic heterocycles. The molecule has 0 N–H and O–H groups in total. The molecule has 0 unspecified atom stereocenters. The molecule has 2 aromatic heterocycles. The van der Waals surface area contributed by atoms with E-state index in [0.29, 0.717) is 12.6 Å². The first-order valence-corrected chi connectivity index (χ1v) is 8.90. The van der Waals surface area contributed by atoms with Crippen molar-refractivity contribution < 1.29 is 0 Å². The second-order valence-electron chi connectivity index (χ2n) is 6.97. The molecule has 0 radical (unpaired) electrons. The Labute approximate surface area is 147 Å². The van der Waals surface area contributed by atoms with Gasteiger partial charge in [-0.15, -0.1) is 0 Å². The average molecular weight is 333 g/mol. The van der Waals surface area contributed by atoms with Crippen LogP contribution in [0.3, 0.4) is 0 Å². The van der Waals surface area contributed by atoms with Gasteiger partial charge < -0.3 is 0 Å². The van der Waals surface area contributed by atoms with Crippen LogP contribution in [-0.4, -0.2) is 21.3 Å². The first kappa shape index (κ1) is 16.0. The number of aromatic nitrogens is 2. The van der Waals surface area contributed by atoms with Gasteiger partial charge in [0.2, 0.25) is 0 Å². The third-order valence-corrected chi connectivity index (χ3v) is 5.21. The first-order chi connectivity index (χ1) is 12.1. The topological polar surface area (TPSA) is 37.6 Å². The Morgan fingerprint density at radius 3 is 2.92 bits per heavy atom. The Kier molecular flexibility index (Phi) is 4.14. The maximum atomic E-state index is 12.5. The van der Waals surface area contributed by atoms with E-state index in [1.807, 2.05) is 25.1 Å². The van der Waals surface area contributed by atoms with Crippen molar-refractivity contribution in [1.29, 1.82) is 0 Å². The average Bonchev–Trinajstić information content (AvgIpc) is 2.61. The van der Waals surface area contributed by atoms with Crippen molar-refractivity contribution in [1.82, 2.24) is 14.3 Å². The lowest BCUT2D eigenvalue weighted by molar-refractivity contribution is 0.211. The van der Waals surface area contributed by atoms with Crippen LogP contribution in [0, 0.1) is 6.92 Å². The highest BCUT2D eigenvalue weighted by Crippen LogP contribution is 2.33.